The lowest BCUT2D eigenvalue weighted by molar-refractivity contribution is -0.176. The third-order valence-electron chi connectivity index (χ3n) is 1.78. The lowest BCUT2D eigenvalue weighted by Crippen LogP contribution is -2.43. The first-order valence-corrected chi connectivity index (χ1v) is 4.20. The van der Waals surface area contributed by atoms with Crippen LogP contribution >= 0.6 is 0 Å². The van der Waals surface area contributed by atoms with E-state index in [4.69, 9.17) is 26.3 Å². The van der Waals surface area contributed by atoms with E-state index in [-0.39, 0.29) is 19.5 Å². The topological polar surface area (TPSA) is 127 Å². The number of hydrogen-bond acceptors (Lipinski definition) is 6. The molecular formula is C7H16N2O5. The molecule has 84 valence electrons. The molecule has 1 unspecified atom stereocenters. The zero-order valence-electron chi connectivity index (χ0n) is 7.70. The monoisotopic (exact) mass is 208 g/mol. The summed E-state index contributed by atoms with van der Waals surface area (Å²) >= 11 is 0. The minimum absolute atomic E-state index is 0.0463. The molecule has 0 amide bonds. The van der Waals surface area contributed by atoms with Crippen LogP contribution in [0, 0.1) is 0 Å². The van der Waals surface area contributed by atoms with E-state index in [0.717, 1.165) is 0 Å². The third-order valence-corrected chi connectivity index (χ3v) is 1.78. The van der Waals surface area contributed by atoms with Crippen LogP contribution in [0.5, 0.6) is 0 Å². The molecular weight excluding hydrogens is 192 g/mol. The minimum atomic E-state index is -1.36. The van der Waals surface area contributed by atoms with Gasteiger partial charge in [-0.1, -0.05) is 0 Å². The first kappa shape index (κ1) is 13.3. The van der Waals surface area contributed by atoms with Gasteiger partial charge in [-0.25, -0.2) is 0 Å². The van der Waals surface area contributed by atoms with Crippen molar-refractivity contribution in [3.8, 4) is 0 Å². The van der Waals surface area contributed by atoms with Crippen molar-refractivity contribution >= 4 is 5.97 Å². The van der Waals surface area contributed by atoms with Crippen molar-refractivity contribution in [3.63, 3.8) is 0 Å². The lowest BCUT2D eigenvalue weighted by Gasteiger charge is -2.21. The molecule has 0 aromatic rings. The van der Waals surface area contributed by atoms with Crippen LogP contribution in [-0.4, -0.2) is 63.4 Å². The molecule has 0 saturated carbocycles. The summed E-state index contributed by atoms with van der Waals surface area (Å²) in [5.41, 5.74) is 5.11. The highest BCUT2D eigenvalue weighted by Crippen LogP contribution is 1.99. The molecule has 14 heavy (non-hydrogen) atoms. The van der Waals surface area contributed by atoms with Gasteiger partial charge in [0, 0.05) is 13.1 Å². The number of carboxylic acid groups (broad SMARTS) is 1. The van der Waals surface area contributed by atoms with Gasteiger partial charge in [-0.05, 0) is 6.42 Å². The summed E-state index contributed by atoms with van der Waals surface area (Å²) in [6.07, 6.45) is -0.630. The Kier molecular flexibility index (Phi) is 6.34. The zero-order chi connectivity index (χ0) is 11.1. The van der Waals surface area contributed by atoms with Gasteiger partial charge in [0.25, 0.3) is 0 Å². The van der Waals surface area contributed by atoms with Crippen molar-refractivity contribution in [2.45, 2.75) is 18.6 Å². The van der Waals surface area contributed by atoms with Crippen LogP contribution in [0.4, 0.5) is 0 Å². The van der Waals surface area contributed by atoms with Crippen LogP contribution in [0.1, 0.15) is 6.42 Å². The molecule has 0 aromatic heterocycles. The number of carbonyl (C=O) groups is 1. The van der Waals surface area contributed by atoms with Crippen molar-refractivity contribution in [1.29, 1.82) is 0 Å². The number of hydrogen-bond donors (Lipinski definition) is 5. The van der Waals surface area contributed by atoms with E-state index in [9.17, 15) is 4.79 Å². The highest BCUT2D eigenvalue weighted by atomic mass is 16.5. The molecule has 6 N–H and O–H groups in total. The highest BCUT2D eigenvalue weighted by Gasteiger charge is 2.23. The molecule has 0 radical (unpaired) electrons. The standard InChI is InChI=1S/C7H16N2O5/c8-3-5(11)1-2-9(14)6(4-10)7(12)13/h5-6,10-11,14H,1-4,8H2,(H,12,13)/t5?,6-/m0/s1. The summed E-state index contributed by atoms with van der Waals surface area (Å²) in [6.45, 7) is -0.703. The summed E-state index contributed by atoms with van der Waals surface area (Å²) in [6, 6.07) is -1.36. The first-order chi connectivity index (χ1) is 6.52. The number of aliphatic hydroxyl groups excluding tert-OH is 2. The van der Waals surface area contributed by atoms with E-state index in [1.807, 2.05) is 0 Å². The molecule has 0 aromatic carbocycles. The van der Waals surface area contributed by atoms with Crippen LogP contribution in [0.2, 0.25) is 0 Å². The second-order valence-electron chi connectivity index (χ2n) is 2.88. The van der Waals surface area contributed by atoms with E-state index < -0.39 is 24.7 Å². The number of rotatable bonds is 7. The van der Waals surface area contributed by atoms with E-state index in [1.165, 1.54) is 0 Å². The van der Waals surface area contributed by atoms with Gasteiger partial charge in [0.1, 0.15) is 0 Å². The highest BCUT2D eigenvalue weighted by molar-refractivity contribution is 5.73. The fourth-order valence-electron chi connectivity index (χ4n) is 0.855. The van der Waals surface area contributed by atoms with Gasteiger partial charge in [-0.15, -0.1) is 0 Å². The summed E-state index contributed by atoms with van der Waals surface area (Å²) in [7, 11) is 0. The van der Waals surface area contributed by atoms with Gasteiger partial charge in [0.05, 0.1) is 12.7 Å². The number of aliphatic carboxylic acids is 1. The number of carboxylic acids is 1. The second-order valence-corrected chi connectivity index (χ2v) is 2.88. The number of hydroxylamine groups is 2. The largest absolute Gasteiger partial charge is 0.480 e. The average Bonchev–Trinajstić information content (AvgIpc) is 2.14. The van der Waals surface area contributed by atoms with Crippen LogP contribution in [0.3, 0.4) is 0 Å². The van der Waals surface area contributed by atoms with Crippen LogP contribution in [-0.2, 0) is 4.79 Å². The molecule has 0 spiro atoms. The first-order valence-electron chi connectivity index (χ1n) is 4.20. The summed E-state index contributed by atoms with van der Waals surface area (Å²) in [4.78, 5) is 10.4. The molecule has 0 saturated heterocycles. The SMILES string of the molecule is NCC(O)CCN(O)[C@@H](CO)C(=O)O. The fraction of sp³-hybridized carbons (Fsp3) is 0.857. The molecule has 7 nitrogen and oxygen atoms in total. The van der Waals surface area contributed by atoms with E-state index in [2.05, 4.69) is 0 Å². The van der Waals surface area contributed by atoms with Crippen molar-refractivity contribution in [2.75, 3.05) is 19.7 Å². The minimum Gasteiger partial charge on any atom is -0.480 e. The Balaban J connectivity index is 3.92. The summed E-state index contributed by atoms with van der Waals surface area (Å²) in [5.74, 6) is -1.32. The molecule has 0 aliphatic carbocycles. The van der Waals surface area contributed by atoms with Crippen LogP contribution < -0.4 is 5.73 Å². The maximum atomic E-state index is 10.4. The fourth-order valence-corrected chi connectivity index (χ4v) is 0.855. The van der Waals surface area contributed by atoms with Crippen LogP contribution in [0.25, 0.3) is 0 Å². The third kappa shape index (κ3) is 4.49. The summed E-state index contributed by atoms with van der Waals surface area (Å²) in [5, 5.41) is 35.8. The van der Waals surface area contributed by atoms with Gasteiger partial charge in [0.15, 0.2) is 6.04 Å². The maximum Gasteiger partial charge on any atom is 0.325 e. The van der Waals surface area contributed by atoms with E-state index in [0.29, 0.717) is 5.06 Å². The molecule has 2 atom stereocenters. The smallest absolute Gasteiger partial charge is 0.325 e. The van der Waals surface area contributed by atoms with Crippen molar-refractivity contribution in [3.05, 3.63) is 0 Å². The van der Waals surface area contributed by atoms with E-state index >= 15 is 0 Å². The zero-order valence-corrected chi connectivity index (χ0v) is 7.70. The Morgan fingerprint density at radius 3 is 2.43 bits per heavy atom. The maximum absolute atomic E-state index is 10.4. The molecule has 0 aliphatic rings. The number of nitrogens with zero attached hydrogens (tertiary/aromatic N) is 1. The molecule has 0 bridgehead atoms. The van der Waals surface area contributed by atoms with Gasteiger partial charge in [-0.2, -0.15) is 5.06 Å². The Labute approximate surface area is 81.3 Å². The average molecular weight is 208 g/mol. The van der Waals surface area contributed by atoms with E-state index in [1.54, 1.807) is 0 Å². The predicted molar refractivity (Wildman–Crippen MR) is 46.7 cm³/mol. The molecule has 0 rings (SSSR count). The van der Waals surface area contributed by atoms with Crippen LogP contribution in [0.15, 0.2) is 0 Å². The molecule has 7 heteroatoms. The molecule has 0 aliphatic heterocycles. The second kappa shape index (κ2) is 6.68. The van der Waals surface area contributed by atoms with Gasteiger partial charge in [0.2, 0.25) is 0 Å². The summed E-state index contributed by atoms with van der Waals surface area (Å²) < 4.78 is 0. The molecule has 0 heterocycles. The Hall–Kier alpha value is -0.730. The Morgan fingerprint density at radius 1 is 1.50 bits per heavy atom. The molecule has 0 fully saturated rings. The van der Waals surface area contributed by atoms with Crippen molar-refractivity contribution < 1.29 is 25.3 Å². The predicted octanol–water partition coefficient (Wildman–Crippen LogP) is -2.17. The number of nitrogens with two attached hydrogens (primary N) is 1. The van der Waals surface area contributed by atoms with Gasteiger partial charge < -0.3 is 26.3 Å². The normalized spacial score (nSPS) is 15.5. The Bertz CT molecular complexity index is 177. The number of aliphatic hydroxyl groups is 2. The van der Waals surface area contributed by atoms with Crippen molar-refractivity contribution in [1.82, 2.24) is 5.06 Å². The van der Waals surface area contributed by atoms with Gasteiger partial charge in [-0.3, -0.25) is 4.79 Å². The quantitative estimate of drug-likeness (QED) is 0.301. The lowest BCUT2D eigenvalue weighted by atomic mass is 10.2. The Morgan fingerprint density at radius 2 is 2.07 bits per heavy atom. The van der Waals surface area contributed by atoms with Crippen molar-refractivity contribution in [2.24, 2.45) is 5.73 Å². The van der Waals surface area contributed by atoms with Gasteiger partial charge >= 0.3 is 5.97 Å².